The number of pyridine rings is 1. The van der Waals surface area contributed by atoms with Gasteiger partial charge in [0, 0.05) is 43.3 Å². The molecule has 2 aromatic carbocycles. The maximum absolute atomic E-state index is 13.8. The second kappa shape index (κ2) is 10.7. The van der Waals surface area contributed by atoms with Crippen molar-refractivity contribution in [3.05, 3.63) is 76.5 Å². The van der Waals surface area contributed by atoms with Gasteiger partial charge in [0.25, 0.3) is 0 Å². The summed E-state index contributed by atoms with van der Waals surface area (Å²) in [5, 5.41) is 14.6. The van der Waals surface area contributed by atoms with Crippen molar-refractivity contribution in [3.63, 3.8) is 0 Å². The van der Waals surface area contributed by atoms with Gasteiger partial charge in [-0.15, -0.1) is 0 Å². The number of aliphatic carboxylic acids is 1. The van der Waals surface area contributed by atoms with E-state index in [-0.39, 0.29) is 12.1 Å². The fourth-order valence-electron chi connectivity index (χ4n) is 4.42. The Bertz CT molecular complexity index is 1270. The van der Waals surface area contributed by atoms with Crippen molar-refractivity contribution in [3.8, 4) is 5.75 Å². The highest BCUT2D eigenvalue weighted by Gasteiger charge is 2.44. The smallest absolute Gasteiger partial charge is 0.325 e. The molecule has 1 atom stereocenters. The molecular weight excluding hydrogens is 476 g/mol. The van der Waals surface area contributed by atoms with Crippen molar-refractivity contribution in [2.75, 3.05) is 33.3 Å². The zero-order valence-electron chi connectivity index (χ0n) is 19.2. The third-order valence-electron chi connectivity index (χ3n) is 6.35. The first-order valence-corrected chi connectivity index (χ1v) is 11.6. The lowest BCUT2D eigenvalue weighted by Crippen LogP contribution is -2.54. The zero-order valence-corrected chi connectivity index (χ0v) is 20.0. The maximum Gasteiger partial charge on any atom is 0.325 e. The molecule has 2 N–H and O–H groups in total. The Kier molecular flexibility index (Phi) is 7.64. The lowest BCUT2D eigenvalue weighted by Gasteiger charge is -2.26. The molecule has 4 rings (SSSR count). The third kappa shape index (κ3) is 5.61. The molecule has 1 aliphatic heterocycles. The van der Waals surface area contributed by atoms with Gasteiger partial charge < -0.3 is 15.2 Å². The monoisotopic (exact) mass is 501 g/mol. The van der Waals surface area contributed by atoms with Gasteiger partial charge in [-0.3, -0.25) is 14.7 Å². The normalized spacial score (nSPS) is 18.5. The van der Waals surface area contributed by atoms with E-state index in [0.29, 0.717) is 43.2 Å². The molecule has 6 nitrogen and oxygen atoms in total. The Morgan fingerprint density at radius 3 is 2.91 bits per heavy atom. The van der Waals surface area contributed by atoms with Crippen LogP contribution >= 0.6 is 11.6 Å². The lowest BCUT2D eigenvalue weighted by atomic mass is 9.98. The molecule has 0 saturated carbocycles. The molecule has 2 heterocycles. The molecule has 0 amide bonds. The fraction of sp³-hybridized carbons (Fsp3) is 0.308. The van der Waals surface area contributed by atoms with Gasteiger partial charge in [-0.1, -0.05) is 23.8 Å². The van der Waals surface area contributed by atoms with Gasteiger partial charge in [0.05, 0.1) is 17.6 Å². The topological polar surface area (TPSA) is 74.7 Å². The lowest BCUT2D eigenvalue weighted by molar-refractivity contribution is -0.144. The number of benzene rings is 2. The molecule has 0 aliphatic carbocycles. The number of methoxy groups -OCH3 is 1. The van der Waals surface area contributed by atoms with E-state index >= 15 is 0 Å². The van der Waals surface area contributed by atoms with Crippen LogP contribution in [-0.2, 0) is 11.2 Å². The minimum absolute atomic E-state index is 0.157. The minimum Gasteiger partial charge on any atom is -0.497 e. The Morgan fingerprint density at radius 2 is 2.14 bits per heavy atom. The molecule has 1 fully saturated rings. The second-order valence-electron chi connectivity index (χ2n) is 8.59. The van der Waals surface area contributed by atoms with E-state index in [9.17, 15) is 18.7 Å². The Labute approximate surface area is 207 Å². The number of hydrogen-bond acceptors (Lipinski definition) is 5. The van der Waals surface area contributed by atoms with Gasteiger partial charge in [-0.05, 0) is 54.8 Å². The van der Waals surface area contributed by atoms with Crippen LogP contribution in [0.1, 0.15) is 17.5 Å². The van der Waals surface area contributed by atoms with E-state index in [0.717, 1.165) is 34.7 Å². The number of ether oxygens (including phenoxy) is 1. The highest BCUT2D eigenvalue weighted by atomic mass is 35.5. The second-order valence-corrected chi connectivity index (χ2v) is 8.99. The first-order chi connectivity index (χ1) is 16.8. The molecule has 3 aromatic rings. The zero-order chi connectivity index (χ0) is 25.0. The summed E-state index contributed by atoms with van der Waals surface area (Å²) in [6, 6.07) is 8.84. The van der Waals surface area contributed by atoms with Crippen molar-refractivity contribution in [2.24, 2.45) is 0 Å². The van der Waals surface area contributed by atoms with Crippen molar-refractivity contribution < 1.29 is 23.4 Å². The molecule has 184 valence electrons. The molecule has 0 bridgehead atoms. The number of nitrogens with one attached hydrogen (secondary N) is 1. The number of fused-ring (bicyclic) bond motifs is 1. The van der Waals surface area contributed by atoms with Crippen LogP contribution < -0.4 is 10.1 Å². The maximum atomic E-state index is 13.8. The number of rotatable bonds is 9. The van der Waals surface area contributed by atoms with Crippen LogP contribution in [0, 0.1) is 11.6 Å². The van der Waals surface area contributed by atoms with Crippen LogP contribution in [0.25, 0.3) is 17.0 Å². The summed E-state index contributed by atoms with van der Waals surface area (Å²) in [6.07, 6.45) is 5.76. The van der Waals surface area contributed by atoms with Crippen LogP contribution in [0.2, 0.25) is 5.02 Å². The van der Waals surface area contributed by atoms with Gasteiger partial charge in [-0.2, -0.15) is 0 Å². The summed E-state index contributed by atoms with van der Waals surface area (Å²) in [5.41, 5.74) is 0.709. The minimum atomic E-state index is -1.11. The highest BCUT2D eigenvalue weighted by molar-refractivity contribution is 6.32. The predicted molar refractivity (Wildman–Crippen MR) is 132 cm³/mol. The highest BCUT2D eigenvalue weighted by Crippen LogP contribution is 2.29. The average molecular weight is 502 g/mol. The van der Waals surface area contributed by atoms with Crippen molar-refractivity contribution >= 4 is 34.5 Å². The number of carbonyl (C=O) groups is 1. The SMILES string of the molecule is COc1ccc2ncc(Cl)c(CCNC3(C(=O)O)CCN(CC=Cc4cc(F)ccc4F)C3)c2c1. The molecule has 0 spiro atoms. The summed E-state index contributed by atoms with van der Waals surface area (Å²) >= 11 is 6.43. The van der Waals surface area contributed by atoms with E-state index in [1.165, 1.54) is 6.08 Å². The van der Waals surface area contributed by atoms with Gasteiger partial charge >= 0.3 is 5.97 Å². The van der Waals surface area contributed by atoms with Crippen LogP contribution in [0.15, 0.2) is 48.7 Å². The molecule has 0 radical (unpaired) electrons. The van der Waals surface area contributed by atoms with Gasteiger partial charge in [-0.25, -0.2) is 8.78 Å². The average Bonchev–Trinajstić information content (AvgIpc) is 3.27. The van der Waals surface area contributed by atoms with Gasteiger partial charge in [0.2, 0.25) is 0 Å². The summed E-state index contributed by atoms with van der Waals surface area (Å²) < 4.78 is 32.5. The number of nitrogens with zero attached hydrogens (tertiary/aromatic N) is 2. The van der Waals surface area contributed by atoms with Gasteiger partial charge in [0.15, 0.2) is 0 Å². The van der Waals surface area contributed by atoms with Crippen molar-refractivity contribution in [1.82, 2.24) is 15.2 Å². The largest absolute Gasteiger partial charge is 0.497 e. The van der Waals surface area contributed by atoms with Gasteiger partial charge in [0.1, 0.15) is 22.9 Å². The molecule has 1 aromatic heterocycles. The molecule has 9 heteroatoms. The molecule has 35 heavy (non-hydrogen) atoms. The number of hydrogen-bond donors (Lipinski definition) is 2. The standard InChI is InChI=1S/C26H26ClF2N3O3/c1-35-19-5-7-24-21(14-19)20(22(27)15-30-24)8-10-31-26(25(33)34)9-12-32(16-26)11-2-3-17-13-18(28)4-6-23(17)29/h2-7,13-15,31H,8-12,16H2,1H3,(H,33,34). The number of carboxylic acids is 1. The number of carboxylic acid groups (broad SMARTS) is 1. The van der Waals surface area contributed by atoms with E-state index in [1.54, 1.807) is 19.4 Å². The van der Waals surface area contributed by atoms with Crippen LogP contribution in [0.4, 0.5) is 8.78 Å². The van der Waals surface area contributed by atoms with E-state index in [4.69, 9.17) is 16.3 Å². The summed E-state index contributed by atoms with van der Waals surface area (Å²) in [6.45, 7) is 1.68. The first kappa shape index (κ1) is 25.0. The molecule has 1 aliphatic rings. The number of likely N-dealkylation sites (tertiary alicyclic amines) is 1. The Morgan fingerprint density at radius 1 is 1.31 bits per heavy atom. The Hall–Kier alpha value is -3.07. The first-order valence-electron chi connectivity index (χ1n) is 11.2. The van der Waals surface area contributed by atoms with E-state index < -0.39 is 23.1 Å². The van der Waals surface area contributed by atoms with Crippen molar-refractivity contribution in [2.45, 2.75) is 18.4 Å². The molecule has 1 saturated heterocycles. The summed E-state index contributed by atoms with van der Waals surface area (Å²) in [5.74, 6) is -1.25. The van der Waals surface area contributed by atoms with Crippen LogP contribution in [0.3, 0.4) is 0 Å². The third-order valence-corrected chi connectivity index (χ3v) is 6.67. The van der Waals surface area contributed by atoms with Crippen LogP contribution in [-0.4, -0.2) is 59.8 Å². The Balaban J connectivity index is 1.41. The number of halogens is 3. The fourth-order valence-corrected chi connectivity index (χ4v) is 4.67. The molecule has 1 unspecified atom stereocenters. The quantitative estimate of drug-likeness (QED) is 0.448. The summed E-state index contributed by atoms with van der Waals surface area (Å²) in [4.78, 5) is 18.5. The predicted octanol–water partition coefficient (Wildman–Crippen LogP) is 4.55. The van der Waals surface area contributed by atoms with E-state index in [2.05, 4.69) is 10.3 Å². The van der Waals surface area contributed by atoms with Crippen LogP contribution in [0.5, 0.6) is 5.75 Å². The van der Waals surface area contributed by atoms with E-state index in [1.807, 2.05) is 23.1 Å². The number of aromatic nitrogens is 1. The van der Waals surface area contributed by atoms with Crippen molar-refractivity contribution in [1.29, 1.82) is 0 Å². The summed E-state index contributed by atoms with van der Waals surface area (Å²) in [7, 11) is 1.59. The molecular formula is C26H26ClF2N3O3.